The van der Waals surface area contributed by atoms with E-state index in [4.69, 9.17) is 9.84 Å². The SMILES string of the molecule is Cn1nc(N2CCc3[nH]c(-c4c(F)cccc4F)cc3C2)cc1C1CC1.Cn1nc(N2CCc3c(cc(-c4c(F)cccc4F)n3C(=O)OC(C)(C)C)C2)cc1C1CC1. The van der Waals surface area contributed by atoms with Crippen LogP contribution in [0, 0.1) is 23.3 Å². The highest BCUT2D eigenvalue weighted by Crippen LogP contribution is 2.43. The van der Waals surface area contributed by atoms with E-state index in [1.165, 1.54) is 78.0 Å². The van der Waals surface area contributed by atoms with Crippen LogP contribution in [0.3, 0.4) is 0 Å². The number of nitrogens with one attached hydrogen (secondary N) is 1. The molecule has 4 aromatic heterocycles. The lowest BCUT2D eigenvalue weighted by Crippen LogP contribution is -2.33. The molecule has 0 amide bonds. The predicted molar refractivity (Wildman–Crippen MR) is 217 cm³/mol. The third-order valence-corrected chi connectivity index (χ3v) is 11.6. The molecule has 2 aromatic carbocycles. The zero-order chi connectivity index (χ0) is 41.3. The van der Waals surface area contributed by atoms with Crippen molar-refractivity contribution in [1.82, 2.24) is 29.1 Å². The van der Waals surface area contributed by atoms with Gasteiger partial charge in [0.05, 0.1) is 22.5 Å². The van der Waals surface area contributed by atoms with Gasteiger partial charge in [0.15, 0.2) is 11.6 Å². The van der Waals surface area contributed by atoms with Crippen molar-refractivity contribution in [3.8, 4) is 22.5 Å². The number of hydrogen-bond acceptors (Lipinski definition) is 6. The highest BCUT2D eigenvalue weighted by molar-refractivity contribution is 5.81. The van der Waals surface area contributed by atoms with Crippen molar-refractivity contribution in [2.24, 2.45) is 14.1 Å². The topological polar surface area (TPSA) is 89.1 Å². The number of carbonyl (C=O) groups excluding carboxylic acids is 1. The van der Waals surface area contributed by atoms with Gasteiger partial charge in [0, 0.05) is 99.9 Å². The van der Waals surface area contributed by atoms with Crippen LogP contribution in [0.15, 0.2) is 60.7 Å². The fourth-order valence-corrected chi connectivity index (χ4v) is 8.46. The van der Waals surface area contributed by atoms with E-state index >= 15 is 0 Å². The second-order valence-corrected chi connectivity index (χ2v) is 17.2. The molecular formula is C45H48F4N8O2. The number of nitrogens with zero attached hydrogens (tertiary/aromatic N) is 7. The van der Waals surface area contributed by atoms with Crippen LogP contribution in [-0.4, -0.2) is 53.9 Å². The summed E-state index contributed by atoms with van der Waals surface area (Å²) in [4.78, 5) is 20.8. The zero-order valence-electron chi connectivity index (χ0n) is 34.0. The van der Waals surface area contributed by atoms with E-state index < -0.39 is 35.0 Å². The number of fused-ring (bicyclic) bond motifs is 2. The molecule has 6 heterocycles. The number of halogens is 4. The van der Waals surface area contributed by atoms with Crippen molar-refractivity contribution in [3.05, 3.63) is 118 Å². The van der Waals surface area contributed by atoms with Crippen LogP contribution in [0.25, 0.3) is 22.5 Å². The first-order chi connectivity index (χ1) is 28.2. The largest absolute Gasteiger partial charge is 0.443 e. The molecular weight excluding hydrogens is 761 g/mol. The fourth-order valence-electron chi connectivity index (χ4n) is 8.46. The Balaban J connectivity index is 0.000000156. The molecule has 6 aromatic rings. The van der Waals surface area contributed by atoms with Crippen LogP contribution in [0.5, 0.6) is 0 Å². The van der Waals surface area contributed by atoms with Crippen molar-refractivity contribution in [1.29, 1.82) is 0 Å². The molecule has 2 saturated carbocycles. The first kappa shape index (κ1) is 38.7. The Bertz CT molecular complexity index is 2530. The molecule has 0 atom stereocenters. The smallest absolute Gasteiger partial charge is 0.419 e. The van der Waals surface area contributed by atoms with Gasteiger partial charge in [-0.25, -0.2) is 26.9 Å². The highest BCUT2D eigenvalue weighted by atomic mass is 19.1. The van der Waals surface area contributed by atoms with E-state index in [9.17, 15) is 22.4 Å². The number of aryl methyl sites for hydroxylation is 2. The van der Waals surface area contributed by atoms with Gasteiger partial charge in [-0.3, -0.25) is 9.36 Å². The van der Waals surface area contributed by atoms with E-state index in [2.05, 4.69) is 32.0 Å². The predicted octanol–water partition coefficient (Wildman–Crippen LogP) is 9.52. The molecule has 1 N–H and O–H groups in total. The average molecular weight is 809 g/mol. The number of carbonyl (C=O) groups is 1. The monoisotopic (exact) mass is 808 g/mol. The summed E-state index contributed by atoms with van der Waals surface area (Å²) in [6.45, 7) is 7.98. The van der Waals surface area contributed by atoms with E-state index in [-0.39, 0.29) is 16.8 Å². The Morgan fingerprint density at radius 2 is 1.22 bits per heavy atom. The van der Waals surface area contributed by atoms with Gasteiger partial charge in [-0.2, -0.15) is 10.2 Å². The van der Waals surface area contributed by atoms with Crippen LogP contribution in [0.2, 0.25) is 0 Å². The Morgan fingerprint density at radius 3 is 1.75 bits per heavy atom. The van der Waals surface area contributed by atoms with E-state index in [1.807, 2.05) is 29.5 Å². The fraction of sp³-hybridized carbons (Fsp3) is 0.400. The van der Waals surface area contributed by atoms with Gasteiger partial charge in [-0.15, -0.1) is 0 Å². The molecule has 10 rings (SSSR count). The maximum atomic E-state index is 14.7. The minimum Gasteiger partial charge on any atom is -0.443 e. The molecule has 308 valence electrons. The molecule has 0 radical (unpaired) electrons. The Hall–Kier alpha value is -5.79. The van der Waals surface area contributed by atoms with E-state index in [0.29, 0.717) is 43.6 Å². The van der Waals surface area contributed by atoms with Crippen LogP contribution >= 0.6 is 0 Å². The molecule has 4 aliphatic rings. The van der Waals surface area contributed by atoms with Gasteiger partial charge in [0.2, 0.25) is 0 Å². The van der Waals surface area contributed by atoms with Crippen LogP contribution in [-0.2, 0) is 44.8 Å². The van der Waals surface area contributed by atoms with Crippen molar-refractivity contribution in [2.75, 3.05) is 22.9 Å². The molecule has 14 heteroatoms. The summed E-state index contributed by atoms with van der Waals surface area (Å²) in [5.74, 6) is 0.590. The third kappa shape index (κ3) is 7.65. The lowest BCUT2D eigenvalue weighted by Gasteiger charge is -2.28. The molecule has 10 nitrogen and oxygen atoms in total. The van der Waals surface area contributed by atoms with Crippen LogP contribution < -0.4 is 9.80 Å². The maximum absolute atomic E-state index is 14.7. The highest BCUT2D eigenvalue weighted by Gasteiger charge is 2.34. The first-order valence-corrected chi connectivity index (χ1v) is 20.4. The molecule has 2 aliphatic heterocycles. The number of benzene rings is 2. The lowest BCUT2D eigenvalue weighted by atomic mass is 10.1. The van der Waals surface area contributed by atoms with Gasteiger partial charge in [0.25, 0.3) is 0 Å². The Morgan fingerprint density at radius 1 is 0.712 bits per heavy atom. The molecule has 0 bridgehead atoms. The molecule has 0 saturated heterocycles. The van der Waals surface area contributed by atoms with E-state index in [1.54, 1.807) is 26.8 Å². The average Bonchev–Trinajstić information content (AvgIpc) is 4.05. The number of aromatic nitrogens is 6. The van der Waals surface area contributed by atoms with Crippen molar-refractivity contribution < 1.29 is 27.1 Å². The van der Waals surface area contributed by atoms with E-state index in [0.717, 1.165) is 47.1 Å². The first-order valence-electron chi connectivity index (χ1n) is 20.4. The number of aromatic amines is 1. The van der Waals surface area contributed by atoms with Gasteiger partial charge in [0.1, 0.15) is 28.9 Å². The van der Waals surface area contributed by atoms with Crippen LogP contribution in [0.1, 0.15) is 92.2 Å². The summed E-state index contributed by atoms with van der Waals surface area (Å²) in [6.07, 6.45) is 5.58. The molecule has 0 spiro atoms. The third-order valence-electron chi connectivity index (χ3n) is 11.6. The summed E-state index contributed by atoms with van der Waals surface area (Å²) in [5, 5.41) is 9.37. The molecule has 2 aliphatic carbocycles. The van der Waals surface area contributed by atoms with Gasteiger partial charge in [-0.05, 0) is 94.0 Å². The van der Waals surface area contributed by atoms with Gasteiger partial charge < -0.3 is 19.5 Å². The number of rotatable bonds is 6. The number of anilines is 2. The quantitative estimate of drug-likeness (QED) is 0.169. The summed E-state index contributed by atoms with van der Waals surface area (Å²) in [6, 6.07) is 15.6. The van der Waals surface area contributed by atoms with Gasteiger partial charge >= 0.3 is 6.09 Å². The second-order valence-electron chi connectivity index (χ2n) is 17.2. The molecule has 0 unspecified atom stereocenters. The van der Waals surface area contributed by atoms with Crippen molar-refractivity contribution in [2.45, 2.75) is 89.8 Å². The van der Waals surface area contributed by atoms with Crippen molar-refractivity contribution >= 4 is 17.7 Å². The molecule has 59 heavy (non-hydrogen) atoms. The van der Waals surface area contributed by atoms with Crippen molar-refractivity contribution in [3.63, 3.8) is 0 Å². The standard InChI is InChI=1S/C25H28F2N4O2.C20H20F2N4/c1-25(2,3)33-24(32)31-19-10-11-30(22-13-20(15-8-9-15)29(4)28-22)14-16(19)12-21(31)23-17(26)6-5-7-18(23)27;1-25-18(12-5-6-12)10-19(24-25)26-8-7-16-13(11-26)9-17(23-16)20-14(21)3-2-4-15(20)22/h5-7,12-13,15H,8-11,14H2,1-4H3;2-4,9-10,12,23H,5-8,11H2,1H3. The minimum atomic E-state index is -0.743. The zero-order valence-corrected chi connectivity index (χ0v) is 34.0. The van der Waals surface area contributed by atoms with Gasteiger partial charge in [-0.1, -0.05) is 12.1 Å². The summed E-state index contributed by atoms with van der Waals surface area (Å²) in [7, 11) is 3.96. The number of ether oxygens (including phenoxy) is 1. The van der Waals surface area contributed by atoms with Crippen LogP contribution in [0.4, 0.5) is 34.0 Å². The second kappa shape index (κ2) is 14.8. The normalized spacial score (nSPS) is 16.4. The lowest BCUT2D eigenvalue weighted by molar-refractivity contribution is 0.0535. The number of hydrogen-bond donors (Lipinski definition) is 1. The maximum Gasteiger partial charge on any atom is 0.419 e. The minimum absolute atomic E-state index is 0.0160. The Kier molecular flexibility index (Phi) is 9.71. The molecule has 2 fully saturated rings. The summed E-state index contributed by atoms with van der Waals surface area (Å²) < 4.78 is 68.5. The number of H-pyrrole nitrogens is 1. The summed E-state index contributed by atoms with van der Waals surface area (Å²) >= 11 is 0. The Labute approximate surface area is 340 Å². The summed E-state index contributed by atoms with van der Waals surface area (Å²) in [5.41, 5.74) is 5.95.